The van der Waals surface area contributed by atoms with Gasteiger partial charge in [0, 0.05) is 18.7 Å². The normalized spacial score (nSPS) is 17.8. The van der Waals surface area contributed by atoms with Gasteiger partial charge in [-0.3, -0.25) is 9.79 Å². The first kappa shape index (κ1) is 24.4. The number of amides is 1. The Morgan fingerprint density at radius 2 is 1.86 bits per heavy atom. The number of rotatable bonds is 7. The van der Waals surface area contributed by atoms with E-state index in [4.69, 9.17) is 19.3 Å². The number of ether oxygens (including phenoxy) is 1. The van der Waals surface area contributed by atoms with Gasteiger partial charge >= 0.3 is 5.97 Å². The van der Waals surface area contributed by atoms with E-state index < -0.39 is 5.97 Å². The second kappa shape index (κ2) is 11.2. The largest absolute Gasteiger partial charge is 0.493 e. The van der Waals surface area contributed by atoms with Gasteiger partial charge in [0.05, 0.1) is 24.8 Å². The number of carboxylic acid groups (broad SMARTS) is 1. The van der Waals surface area contributed by atoms with E-state index in [1.54, 1.807) is 36.4 Å². The van der Waals surface area contributed by atoms with Crippen LogP contribution in [0.4, 0.5) is 0 Å². The molecule has 0 aliphatic carbocycles. The summed E-state index contributed by atoms with van der Waals surface area (Å²) in [6.07, 6.45) is 5.88. The molecule has 2 aliphatic heterocycles. The monoisotopic (exact) mass is 499 g/mol. The molecular weight excluding hydrogens is 470 g/mol. The maximum Gasteiger partial charge on any atom is 0.335 e. The fraction of sp³-hybridized carbons (Fsp3) is 0.276. The summed E-state index contributed by atoms with van der Waals surface area (Å²) in [6, 6.07) is 19.6. The van der Waals surface area contributed by atoms with Crippen LogP contribution in [-0.4, -0.2) is 60.0 Å². The van der Waals surface area contributed by atoms with Crippen molar-refractivity contribution in [3.8, 4) is 17.1 Å². The third-order valence-corrected chi connectivity index (χ3v) is 6.64. The van der Waals surface area contributed by atoms with Crippen LogP contribution in [0.15, 0.2) is 88.3 Å². The Hall–Kier alpha value is -4.33. The van der Waals surface area contributed by atoms with E-state index >= 15 is 0 Å². The summed E-state index contributed by atoms with van der Waals surface area (Å²) < 4.78 is 11.6. The number of nitrogens with one attached hydrogen (secondary N) is 1. The van der Waals surface area contributed by atoms with Crippen LogP contribution >= 0.6 is 0 Å². The second-order valence-corrected chi connectivity index (χ2v) is 9.24. The molecule has 0 unspecified atom stereocenters. The number of carboxylic acids is 1. The van der Waals surface area contributed by atoms with E-state index in [0.29, 0.717) is 30.6 Å². The number of furan rings is 1. The van der Waals surface area contributed by atoms with Crippen molar-refractivity contribution in [3.63, 3.8) is 0 Å². The summed E-state index contributed by atoms with van der Waals surface area (Å²) in [5.41, 5.74) is 1.15. The molecule has 8 nitrogen and oxygen atoms in total. The van der Waals surface area contributed by atoms with Crippen molar-refractivity contribution in [3.05, 3.63) is 90.2 Å². The number of dihydropyridines is 1. The van der Waals surface area contributed by atoms with Gasteiger partial charge in [0.2, 0.25) is 0 Å². The molecule has 1 fully saturated rings. The van der Waals surface area contributed by atoms with Gasteiger partial charge < -0.3 is 24.5 Å². The van der Waals surface area contributed by atoms with E-state index in [-0.39, 0.29) is 23.3 Å². The van der Waals surface area contributed by atoms with Crippen LogP contribution in [0.5, 0.6) is 5.75 Å². The number of carbonyl (C=O) groups is 2. The molecule has 1 amide bonds. The Morgan fingerprint density at radius 3 is 2.59 bits per heavy atom. The van der Waals surface area contributed by atoms with E-state index in [2.05, 4.69) is 10.2 Å². The summed E-state index contributed by atoms with van der Waals surface area (Å²) in [5, 5.41) is 12.1. The average molecular weight is 500 g/mol. The molecule has 0 saturated carbocycles. The van der Waals surface area contributed by atoms with E-state index in [1.807, 2.05) is 42.5 Å². The van der Waals surface area contributed by atoms with Crippen LogP contribution in [0.1, 0.15) is 33.8 Å². The highest BCUT2D eigenvalue weighted by atomic mass is 16.5. The van der Waals surface area contributed by atoms with E-state index in [0.717, 1.165) is 37.3 Å². The van der Waals surface area contributed by atoms with Crippen molar-refractivity contribution in [1.29, 1.82) is 0 Å². The first-order chi connectivity index (χ1) is 18.0. The first-order valence-corrected chi connectivity index (χ1v) is 12.4. The van der Waals surface area contributed by atoms with Crippen LogP contribution < -0.4 is 10.1 Å². The van der Waals surface area contributed by atoms with Gasteiger partial charge in [0.25, 0.3) is 5.91 Å². The summed E-state index contributed by atoms with van der Waals surface area (Å²) in [7, 11) is 0. The molecule has 0 radical (unpaired) electrons. The van der Waals surface area contributed by atoms with Gasteiger partial charge in [-0.25, -0.2) is 4.79 Å². The molecule has 0 spiro atoms. The Bertz CT molecular complexity index is 1310. The number of piperidine rings is 1. The van der Waals surface area contributed by atoms with Crippen molar-refractivity contribution in [2.45, 2.75) is 18.9 Å². The van der Waals surface area contributed by atoms with Gasteiger partial charge in [-0.15, -0.1) is 0 Å². The molecule has 0 bridgehead atoms. The highest BCUT2D eigenvalue weighted by Gasteiger charge is 2.24. The summed E-state index contributed by atoms with van der Waals surface area (Å²) in [5.74, 6) is 1.64. The van der Waals surface area contributed by atoms with Crippen molar-refractivity contribution in [2.75, 3.05) is 26.2 Å². The van der Waals surface area contributed by atoms with Crippen LogP contribution in [0.2, 0.25) is 0 Å². The third-order valence-electron chi connectivity index (χ3n) is 6.64. The molecular formula is C29H29N3O5. The zero-order chi connectivity index (χ0) is 25.6. The molecule has 37 heavy (non-hydrogen) atoms. The number of carbonyl (C=O) groups excluding carboxylic acids is 1. The topological polar surface area (TPSA) is 104 Å². The maximum absolute atomic E-state index is 12.7. The minimum atomic E-state index is -0.958. The van der Waals surface area contributed by atoms with Crippen molar-refractivity contribution < 1.29 is 23.8 Å². The number of nitrogens with zero attached hydrogens (tertiary/aromatic N) is 2. The molecule has 1 saturated heterocycles. The molecule has 2 aliphatic rings. The molecule has 3 aromatic rings. The second-order valence-electron chi connectivity index (χ2n) is 9.24. The molecule has 8 heteroatoms. The zero-order valence-electron chi connectivity index (χ0n) is 20.4. The van der Waals surface area contributed by atoms with Gasteiger partial charge in [0.15, 0.2) is 5.76 Å². The summed E-state index contributed by atoms with van der Waals surface area (Å²) in [4.78, 5) is 30.7. The van der Waals surface area contributed by atoms with Crippen molar-refractivity contribution in [1.82, 2.24) is 10.2 Å². The van der Waals surface area contributed by atoms with E-state index in [1.165, 1.54) is 0 Å². The fourth-order valence-corrected chi connectivity index (χ4v) is 4.53. The number of hydrogen-bond donors (Lipinski definition) is 2. The van der Waals surface area contributed by atoms with Crippen LogP contribution in [-0.2, 0) is 0 Å². The Kier molecular flexibility index (Phi) is 7.35. The summed E-state index contributed by atoms with van der Waals surface area (Å²) in [6.45, 7) is 2.79. The van der Waals surface area contributed by atoms with Crippen molar-refractivity contribution >= 4 is 17.7 Å². The Balaban J connectivity index is 1.07. The highest BCUT2D eigenvalue weighted by Crippen LogP contribution is 2.23. The predicted molar refractivity (Wildman–Crippen MR) is 140 cm³/mol. The SMILES string of the molecule is O=C(O)c1cccc(OCC2CCN(C3=NC[C@H](NC(=O)c4ccc(-c5ccccc5)o4)C=C3)CC2)c1. The number of aromatic carboxylic acids is 1. The lowest BCUT2D eigenvalue weighted by Crippen LogP contribution is -2.42. The fourth-order valence-electron chi connectivity index (χ4n) is 4.53. The molecule has 1 atom stereocenters. The lowest BCUT2D eigenvalue weighted by molar-refractivity contribution is 0.0696. The standard InChI is InChI=1S/C29H29N3O5/c33-28(26-11-10-25(37-26)21-5-2-1-3-6-21)31-23-9-12-27(30-18-23)32-15-13-20(14-16-32)19-36-24-8-4-7-22(17-24)29(34)35/h1-12,17,20,23H,13-16,18-19H2,(H,31,33)(H,34,35)/t23-/m1/s1. The Labute approximate surface area is 215 Å². The Morgan fingerprint density at radius 1 is 1.05 bits per heavy atom. The third kappa shape index (κ3) is 6.09. The minimum Gasteiger partial charge on any atom is -0.493 e. The number of benzene rings is 2. The number of likely N-dealkylation sites (tertiary alicyclic amines) is 1. The molecule has 1 aromatic heterocycles. The smallest absolute Gasteiger partial charge is 0.335 e. The quantitative estimate of drug-likeness (QED) is 0.496. The van der Waals surface area contributed by atoms with Gasteiger partial charge in [-0.1, -0.05) is 42.5 Å². The van der Waals surface area contributed by atoms with Crippen LogP contribution in [0.25, 0.3) is 11.3 Å². The van der Waals surface area contributed by atoms with Gasteiger partial charge in [-0.05, 0) is 55.2 Å². The summed E-state index contributed by atoms with van der Waals surface area (Å²) >= 11 is 0. The molecule has 5 rings (SSSR count). The van der Waals surface area contributed by atoms with Crippen LogP contribution in [0.3, 0.4) is 0 Å². The number of hydrogen-bond acceptors (Lipinski definition) is 6. The first-order valence-electron chi connectivity index (χ1n) is 12.4. The van der Waals surface area contributed by atoms with Crippen LogP contribution in [0, 0.1) is 5.92 Å². The highest BCUT2D eigenvalue weighted by molar-refractivity contribution is 5.95. The van der Waals surface area contributed by atoms with Gasteiger partial charge in [0.1, 0.15) is 17.3 Å². The lowest BCUT2D eigenvalue weighted by atomic mass is 9.97. The maximum atomic E-state index is 12.7. The molecule has 3 heterocycles. The molecule has 2 N–H and O–H groups in total. The van der Waals surface area contributed by atoms with E-state index in [9.17, 15) is 9.59 Å². The zero-order valence-corrected chi connectivity index (χ0v) is 20.4. The predicted octanol–water partition coefficient (Wildman–Crippen LogP) is 4.50. The molecule has 2 aromatic carbocycles. The lowest BCUT2D eigenvalue weighted by Gasteiger charge is -2.34. The number of amidine groups is 1. The average Bonchev–Trinajstić information content (AvgIpc) is 3.44. The molecule has 190 valence electrons. The van der Waals surface area contributed by atoms with Gasteiger partial charge in [-0.2, -0.15) is 0 Å². The van der Waals surface area contributed by atoms with Crippen molar-refractivity contribution in [2.24, 2.45) is 10.9 Å². The number of aliphatic imine (C=N–C) groups is 1. The minimum absolute atomic E-state index is 0.186.